The normalized spacial score (nSPS) is 16.4. The van der Waals surface area contributed by atoms with Gasteiger partial charge in [-0.15, -0.1) is 0 Å². The van der Waals surface area contributed by atoms with Gasteiger partial charge in [0.05, 0.1) is 6.10 Å². The van der Waals surface area contributed by atoms with Crippen LogP contribution >= 0.6 is 0 Å². The number of rotatable bonds is 2. The molecule has 3 rings (SSSR count). The summed E-state index contributed by atoms with van der Waals surface area (Å²) >= 11 is 0. The lowest BCUT2D eigenvalue weighted by Crippen LogP contribution is -2.36. The third kappa shape index (κ3) is 2.75. The Morgan fingerprint density at radius 2 is 1.45 bits per heavy atom. The topological polar surface area (TPSA) is 75.0 Å². The molecular formula is C14H17N5O. The fraction of sp³-hybridized carbons (Fsp3) is 0.429. The van der Waals surface area contributed by atoms with Crippen molar-refractivity contribution in [3.05, 3.63) is 30.6 Å². The van der Waals surface area contributed by atoms with Crippen molar-refractivity contribution in [3.63, 3.8) is 0 Å². The van der Waals surface area contributed by atoms with E-state index in [0.717, 1.165) is 42.9 Å². The Morgan fingerprint density at radius 3 is 2.00 bits per heavy atom. The first-order chi connectivity index (χ1) is 9.72. The summed E-state index contributed by atoms with van der Waals surface area (Å²) in [5, 5.41) is 9.51. The highest BCUT2D eigenvalue weighted by Crippen LogP contribution is 2.19. The second-order valence-electron chi connectivity index (χ2n) is 5.01. The summed E-state index contributed by atoms with van der Waals surface area (Å²) in [5.74, 6) is 1.46. The van der Waals surface area contributed by atoms with Gasteiger partial charge in [0.1, 0.15) is 5.82 Å². The van der Waals surface area contributed by atoms with Crippen molar-refractivity contribution in [2.24, 2.45) is 0 Å². The molecule has 0 bridgehead atoms. The van der Waals surface area contributed by atoms with Crippen molar-refractivity contribution >= 4 is 5.95 Å². The molecule has 6 heteroatoms. The van der Waals surface area contributed by atoms with Crippen LogP contribution < -0.4 is 4.90 Å². The van der Waals surface area contributed by atoms with E-state index < -0.39 is 0 Å². The van der Waals surface area contributed by atoms with Crippen molar-refractivity contribution in [2.45, 2.75) is 25.9 Å². The third-order valence-electron chi connectivity index (χ3n) is 3.50. The Kier molecular flexibility index (Phi) is 3.56. The molecule has 20 heavy (non-hydrogen) atoms. The number of nitrogens with zero attached hydrogens (tertiary/aromatic N) is 5. The van der Waals surface area contributed by atoms with E-state index in [1.54, 1.807) is 24.8 Å². The van der Waals surface area contributed by atoms with E-state index in [-0.39, 0.29) is 6.10 Å². The molecular weight excluding hydrogens is 254 g/mol. The Bertz CT molecular complexity index is 561. The highest BCUT2D eigenvalue weighted by atomic mass is 16.3. The van der Waals surface area contributed by atoms with Crippen LogP contribution in [0.1, 0.15) is 18.7 Å². The van der Waals surface area contributed by atoms with E-state index >= 15 is 0 Å². The molecule has 0 radical (unpaired) electrons. The smallest absolute Gasteiger partial charge is 0.225 e. The van der Waals surface area contributed by atoms with Gasteiger partial charge in [0.2, 0.25) is 5.95 Å². The molecule has 1 aliphatic rings. The lowest BCUT2D eigenvalue weighted by molar-refractivity contribution is 0.145. The number of aliphatic hydroxyl groups excluding tert-OH is 1. The largest absolute Gasteiger partial charge is 0.393 e. The molecule has 1 saturated heterocycles. The summed E-state index contributed by atoms with van der Waals surface area (Å²) in [4.78, 5) is 19.2. The number of piperidine rings is 1. The first-order valence-electron chi connectivity index (χ1n) is 6.76. The minimum Gasteiger partial charge on any atom is -0.393 e. The molecule has 0 unspecified atom stereocenters. The standard InChI is InChI=1S/C14H17N5O/c1-10-15-6-11(7-16-10)12-8-17-14(18-9-12)19-4-2-13(20)3-5-19/h6-9,13,20H,2-5H2,1H3. The molecule has 104 valence electrons. The third-order valence-corrected chi connectivity index (χ3v) is 3.50. The summed E-state index contributed by atoms with van der Waals surface area (Å²) in [7, 11) is 0. The van der Waals surface area contributed by atoms with E-state index in [1.807, 2.05) is 6.92 Å². The molecule has 0 aliphatic carbocycles. The second-order valence-corrected chi connectivity index (χ2v) is 5.01. The minimum absolute atomic E-state index is 0.185. The minimum atomic E-state index is -0.185. The maximum absolute atomic E-state index is 9.51. The quantitative estimate of drug-likeness (QED) is 0.884. The van der Waals surface area contributed by atoms with Gasteiger partial charge in [0, 0.05) is 49.0 Å². The van der Waals surface area contributed by atoms with Crippen molar-refractivity contribution in [1.82, 2.24) is 19.9 Å². The Morgan fingerprint density at radius 1 is 0.950 bits per heavy atom. The molecule has 0 aromatic carbocycles. The van der Waals surface area contributed by atoms with Crippen LogP contribution in [-0.4, -0.2) is 44.2 Å². The Hall–Kier alpha value is -2.08. The van der Waals surface area contributed by atoms with E-state index in [4.69, 9.17) is 0 Å². The van der Waals surface area contributed by atoms with Gasteiger partial charge >= 0.3 is 0 Å². The number of aliphatic hydroxyl groups is 1. The lowest BCUT2D eigenvalue weighted by atomic mass is 10.1. The summed E-state index contributed by atoms with van der Waals surface area (Å²) in [6.45, 7) is 3.45. The predicted octanol–water partition coefficient (Wildman–Crippen LogP) is 1.20. The Balaban J connectivity index is 1.76. The van der Waals surface area contributed by atoms with Crippen LogP contribution in [0.3, 0.4) is 0 Å². The zero-order valence-electron chi connectivity index (χ0n) is 11.4. The van der Waals surface area contributed by atoms with Gasteiger partial charge in [0.25, 0.3) is 0 Å². The first kappa shape index (κ1) is 12.9. The molecule has 0 spiro atoms. The van der Waals surface area contributed by atoms with Gasteiger partial charge in [-0.2, -0.15) is 0 Å². The fourth-order valence-electron chi connectivity index (χ4n) is 2.24. The van der Waals surface area contributed by atoms with Crippen molar-refractivity contribution in [2.75, 3.05) is 18.0 Å². The molecule has 6 nitrogen and oxygen atoms in total. The van der Waals surface area contributed by atoms with Crippen LogP contribution in [0, 0.1) is 6.92 Å². The lowest BCUT2D eigenvalue weighted by Gasteiger charge is -2.29. The number of hydrogen-bond donors (Lipinski definition) is 1. The molecule has 1 N–H and O–H groups in total. The first-order valence-corrected chi connectivity index (χ1v) is 6.76. The number of aromatic nitrogens is 4. The monoisotopic (exact) mass is 271 g/mol. The molecule has 2 aromatic rings. The number of aryl methyl sites for hydroxylation is 1. The van der Waals surface area contributed by atoms with Gasteiger partial charge in [-0.05, 0) is 19.8 Å². The van der Waals surface area contributed by atoms with Gasteiger partial charge in [-0.25, -0.2) is 19.9 Å². The van der Waals surface area contributed by atoms with Crippen molar-refractivity contribution < 1.29 is 5.11 Å². The fourth-order valence-corrected chi connectivity index (χ4v) is 2.24. The van der Waals surface area contributed by atoms with Gasteiger partial charge < -0.3 is 10.0 Å². The van der Waals surface area contributed by atoms with E-state index in [2.05, 4.69) is 24.8 Å². The van der Waals surface area contributed by atoms with E-state index in [9.17, 15) is 5.11 Å². The molecule has 0 saturated carbocycles. The molecule has 1 aliphatic heterocycles. The molecule has 0 atom stereocenters. The van der Waals surface area contributed by atoms with Crippen LogP contribution in [0.25, 0.3) is 11.1 Å². The molecule has 3 heterocycles. The SMILES string of the molecule is Cc1ncc(-c2cnc(N3CCC(O)CC3)nc2)cn1. The van der Waals surface area contributed by atoms with Crippen LogP contribution in [0.4, 0.5) is 5.95 Å². The van der Waals surface area contributed by atoms with Crippen molar-refractivity contribution in [3.8, 4) is 11.1 Å². The van der Waals surface area contributed by atoms with Crippen LogP contribution in [0.15, 0.2) is 24.8 Å². The number of hydrogen-bond acceptors (Lipinski definition) is 6. The highest BCUT2D eigenvalue weighted by molar-refractivity contribution is 5.59. The molecule has 0 amide bonds. The van der Waals surface area contributed by atoms with Crippen LogP contribution in [0.5, 0.6) is 0 Å². The second kappa shape index (κ2) is 5.50. The number of anilines is 1. The van der Waals surface area contributed by atoms with Crippen molar-refractivity contribution in [1.29, 1.82) is 0 Å². The predicted molar refractivity (Wildman–Crippen MR) is 75.2 cm³/mol. The Labute approximate surface area is 117 Å². The molecule has 1 fully saturated rings. The van der Waals surface area contributed by atoms with E-state index in [0.29, 0.717) is 5.95 Å². The average Bonchev–Trinajstić information content (AvgIpc) is 2.49. The van der Waals surface area contributed by atoms with Crippen LogP contribution in [0.2, 0.25) is 0 Å². The van der Waals surface area contributed by atoms with Gasteiger partial charge in [-0.1, -0.05) is 0 Å². The highest BCUT2D eigenvalue weighted by Gasteiger charge is 2.18. The summed E-state index contributed by atoms with van der Waals surface area (Å²) in [6.07, 6.45) is 8.50. The molecule has 2 aromatic heterocycles. The summed E-state index contributed by atoms with van der Waals surface area (Å²) < 4.78 is 0. The van der Waals surface area contributed by atoms with Crippen LogP contribution in [-0.2, 0) is 0 Å². The maximum Gasteiger partial charge on any atom is 0.225 e. The average molecular weight is 271 g/mol. The van der Waals surface area contributed by atoms with E-state index in [1.165, 1.54) is 0 Å². The van der Waals surface area contributed by atoms with Gasteiger partial charge in [0.15, 0.2) is 0 Å². The zero-order valence-corrected chi connectivity index (χ0v) is 11.4. The maximum atomic E-state index is 9.51. The zero-order chi connectivity index (χ0) is 13.9. The summed E-state index contributed by atoms with van der Waals surface area (Å²) in [5.41, 5.74) is 1.82. The summed E-state index contributed by atoms with van der Waals surface area (Å²) in [6, 6.07) is 0. The van der Waals surface area contributed by atoms with Gasteiger partial charge in [-0.3, -0.25) is 0 Å².